The van der Waals surface area contributed by atoms with E-state index in [0.29, 0.717) is 0 Å². The molecule has 0 aliphatic heterocycles. The van der Waals surface area contributed by atoms with Crippen molar-refractivity contribution in [2.75, 3.05) is 0 Å². The number of hydrogen-bond donors (Lipinski definition) is 1. The van der Waals surface area contributed by atoms with Crippen LogP contribution in [0.15, 0.2) is 22.7 Å². The summed E-state index contributed by atoms with van der Waals surface area (Å²) in [5.74, 6) is -0.887. The highest BCUT2D eigenvalue weighted by molar-refractivity contribution is 9.10. The molecule has 0 aliphatic carbocycles. The third kappa shape index (κ3) is 2.71. The summed E-state index contributed by atoms with van der Waals surface area (Å²) in [6.45, 7) is 5.71. The maximum atomic E-state index is 10.8. The molecule has 0 aliphatic rings. The molecule has 19 heavy (non-hydrogen) atoms. The number of aliphatic carboxylic acids is 1. The van der Waals surface area contributed by atoms with E-state index in [2.05, 4.69) is 21.0 Å². The van der Waals surface area contributed by atoms with E-state index in [1.54, 1.807) is 0 Å². The Kier molecular flexibility index (Phi) is 3.75. The van der Waals surface area contributed by atoms with Gasteiger partial charge in [0.05, 0.1) is 5.69 Å². The highest BCUT2D eigenvalue weighted by atomic mass is 79.9. The first kappa shape index (κ1) is 13.8. The number of carboxylic acid groups (broad SMARTS) is 1. The molecule has 0 amide bonds. The number of rotatable bonds is 3. The minimum absolute atomic E-state index is 0.111. The van der Waals surface area contributed by atoms with Crippen LogP contribution in [-0.2, 0) is 11.3 Å². The second-order valence-corrected chi connectivity index (χ2v) is 5.42. The average Bonchev–Trinajstić information content (AvgIpc) is 2.58. The molecule has 2 aromatic rings. The predicted octanol–water partition coefficient (Wildman–Crippen LogP) is 3.32. The Morgan fingerprint density at radius 3 is 2.63 bits per heavy atom. The van der Waals surface area contributed by atoms with E-state index in [0.717, 1.165) is 32.6 Å². The van der Waals surface area contributed by atoms with Crippen molar-refractivity contribution >= 4 is 21.9 Å². The fraction of sp³-hybridized carbons (Fsp3) is 0.286. The molecule has 4 nitrogen and oxygen atoms in total. The van der Waals surface area contributed by atoms with Crippen LogP contribution in [0.5, 0.6) is 0 Å². The number of carboxylic acids is 1. The van der Waals surface area contributed by atoms with E-state index in [4.69, 9.17) is 5.11 Å². The van der Waals surface area contributed by atoms with E-state index in [1.165, 1.54) is 4.68 Å². The van der Waals surface area contributed by atoms with Crippen LogP contribution in [0.3, 0.4) is 0 Å². The van der Waals surface area contributed by atoms with Gasteiger partial charge in [-0.3, -0.25) is 9.48 Å². The number of aromatic nitrogens is 2. The maximum absolute atomic E-state index is 10.8. The summed E-state index contributed by atoms with van der Waals surface area (Å²) >= 11 is 3.52. The van der Waals surface area contributed by atoms with Gasteiger partial charge in [-0.25, -0.2) is 0 Å². The zero-order chi connectivity index (χ0) is 14.2. The summed E-state index contributed by atoms with van der Waals surface area (Å²) in [4.78, 5) is 10.8. The molecular formula is C14H15BrN2O2. The Bertz CT molecular complexity index is 647. The van der Waals surface area contributed by atoms with Gasteiger partial charge in [0.2, 0.25) is 0 Å². The monoisotopic (exact) mass is 322 g/mol. The van der Waals surface area contributed by atoms with Crippen LogP contribution in [0.2, 0.25) is 0 Å². The Morgan fingerprint density at radius 2 is 2.05 bits per heavy atom. The fourth-order valence-corrected chi connectivity index (χ4v) is 2.52. The smallest absolute Gasteiger partial charge is 0.325 e. The molecule has 1 aromatic carbocycles. The minimum Gasteiger partial charge on any atom is -0.480 e. The number of benzene rings is 1. The van der Waals surface area contributed by atoms with Gasteiger partial charge in [0, 0.05) is 15.7 Å². The van der Waals surface area contributed by atoms with E-state index in [-0.39, 0.29) is 6.54 Å². The molecule has 1 N–H and O–H groups in total. The summed E-state index contributed by atoms with van der Waals surface area (Å²) in [6.07, 6.45) is 0. The molecule has 0 atom stereocenters. The van der Waals surface area contributed by atoms with Gasteiger partial charge in [-0.15, -0.1) is 0 Å². The molecule has 0 saturated heterocycles. The lowest BCUT2D eigenvalue weighted by atomic mass is 10.0. The molecule has 1 aromatic heterocycles. The lowest BCUT2D eigenvalue weighted by Gasteiger charge is -2.06. The molecule has 0 unspecified atom stereocenters. The quantitative estimate of drug-likeness (QED) is 0.943. The van der Waals surface area contributed by atoms with Crippen molar-refractivity contribution in [2.24, 2.45) is 0 Å². The Balaban J connectivity index is 2.52. The van der Waals surface area contributed by atoms with E-state index in [1.807, 2.05) is 39.0 Å². The molecule has 100 valence electrons. The van der Waals surface area contributed by atoms with Crippen LogP contribution in [0.4, 0.5) is 0 Å². The van der Waals surface area contributed by atoms with Crippen LogP contribution in [0.25, 0.3) is 11.1 Å². The zero-order valence-corrected chi connectivity index (χ0v) is 12.7. The Labute approximate surface area is 120 Å². The average molecular weight is 323 g/mol. The molecule has 0 spiro atoms. The van der Waals surface area contributed by atoms with Crippen LogP contribution in [0, 0.1) is 20.8 Å². The second kappa shape index (κ2) is 5.17. The maximum Gasteiger partial charge on any atom is 0.325 e. The molecule has 5 heteroatoms. The first-order valence-corrected chi connectivity index (χ1v) is 6.71. The highest BCUT2D eigenvalue weighted by Crippen LogP contribution is 2.30. The highest BCUT2D eigenvalue weighted by Gasteiger charge is 2.15. The molecule has 0 fully saturated rings. The number of halogens is 1. The van der Waals surface area contributed by atoms with E-state index in [9.17, 15) is 4.79 Å². The summed E-state index contributed by atoms with van der Waals surface area (Å²) < 4.78 is 2.57. The first-order chi connectivity index (χ1) is 8.90. The zero-order valence-electron chi connectivity index (χ0n) is 11.1. The Hall–Kier alpha value is -1.62. The number of carbonyl (C=O) groups is 1. The molecule has 2 rings (SSSR count). The summed E-state index contributed by atoms with van der Waals surface area (Å²) in [5, 5.41) is 13.2. The minimum atomic E-state index is -0.887. The first-order valence-electron chi connectivity index (χ1n) is 5.92. The Morgan fingerprint density at radius 1 is 1.37 bits per heavy atom. The van der Waals surface area contributed by atoms with Gasteiger partial charge in [-0.05, 0) is 38.0 Å². The topological polar surface area (TPSA) is 55.1 Å². The SMILES string of the molecule is Cc1ccc(-c2c(C)nn(CC(=O)O)c2C)cc1Br. The number of nitrogens with zero attached hydrogens (tertiary/aromatic N) is 2. The third-order valence-electron chi connectivity index (χ3n) is 3.13. The molecule has 1 heterocycles. The molecule has 0 radical (unpaired) electrons. The van der Waals surface area contributed by atoms with Crippen LogP contribution >= 0.6 is 15.9 Å². The summed E-state index contributed by atoms with van der Waals surface area (Å²) in [6, 6.07) is 6.10. The van der Waals surface area contributed by atoms with Gasteiger partial charge < -0.3 is 5.11 Å². The van der Waals surface area contributed by atoms with E-state index < -0.39 is 5.97 Å². The van der Waals surface area contributed by atoms with Crippen molar-refractivity contribution in [3.63, 3.8) is 0 Å². The van der Waals surface area contributed by atoms with Crippen LogP contribution < -0.4 is 0 Å². The van der Waals surface area contributed by atoms with Gasteiger partial charge in [-0.1, -0.05) is 28.1 Å². The van der Waals surface area contributed by atoms with Gasteiger partial charge in [0.15, 0.2) is 0 Å². The third-order valence-corrected chi connectivity index (χ3v) is 3.98. The van der Waals surface area contributed by atoms with Crippen molar-refractivity contribution in [3.8, 4) is 11.1 Å². The van der Waals surface area contributed by atoms with Gasteiger partial charge in [0.25, 0.3) is 0 Å². The summed E-state index contributed by atoms with van der Waals surface area (Å²) in [5.41, 5.74) is 4.92. The van der Waals surface area contributed by atoms with Gasteiger partial charge in [0.1, 0.15) is 6.54 Å². The molecule has 0 bridgehead atoms. The van der Waals surface area contributed by atoms with Crippen molar-refractivity contribution in [1.29, 1.82) is 0 Å². The largest absolute Gasteiger partial charge is 0.480 e. The van der Waals surface area contributed by atoms with E-state index >= 15 is 0 Å². The lowest BCUT2D eigenvalue weighted by molar-refractivity contribution is -0.137. The number of aryl methyl sites for hydroxylation is 2. The molecular weight excluding hydrogens is 308 g/mol. The lowest BCUT2D eigenvalue weighted by Crippen LogP contribution is -2.11. The standard InChI is InChI=1S/C14H15BrN2O2/c1-8-4-5-11(6-12(8)15)14-9(2)16-17(10(14)3)7-13(18)19/h4-6H,7H2,1-3H3,(H,18,19). The van der Waals surface area contributed by atoms with Crippen molar-refractivity contribution in [1.82, 2.24) is 9.78 Å². The second-order valence-electron chi connectivity index (χ2n) is 4.56. The van der Waals surface area contributed by atoms with Crippen LogP contribution in [-0.4, -0.2) is 20.9 Å². The van der Waals surface area contributed by atoms with Gasteiger partial charge >= 0.3 is 5.97 Å². The van der Waals surface area contributed by atoms with Crippen molar-refractivity contribution < 1.29 is 9.90 Å². The predicted molar refractivity (Wildman–Crippen MR) is 77.2 cm³/mol. The van der Waals surface area contributed by atoms with Crippen LogP contribution in [0.1, 0.15) is 17.0 Å². The summed E-state index contributed by atoms with van der Waals surface area (Å²) in [7, 11) is 0. The van der Waals surface area contributed by atoms with Crippen molar-refractivity contribution in [3.05, 3.63) is 39.6 Å². The van der Waals surface area contributed by atoms with Crippen molar-refractivity contribution in [2.45, 2.75) is 27.3 Å². The fourth-order valence-electron chi connectivity index (χ4n) is 2.15. The number of hydrogen-bond acceptors (Lipinski definition) is 2. The van der Waals surface area contributed by atoms with Gasteiger partial charge in [-0.2, -0.15) is 5.10 Å². The normalized spacial score (nSPS) is 10.7. The molecule has 0 saturated carbocycles.